The first-order valence-corrected chi connectivity index (χ1v) is 20.0. The van der Waals surface area contributed by atoms with Crippen LogP contribution in [0.15, 0.2) is 122 Å². The van der Waals surface area contributed by atoms with Crippen molar-refractivity contribution in [1.29, 1.82) is 0 Å². The Labute approximate surface area is 312 Å². The van der Waals surface area contributed by atoms with Crippen molar-refractivity contribution in [1.82, 2.24) is 4.48 Å². The Kier molecular flexibility index (Phi) is 19.3. The van der Waals surface area contributed by atoms with E-state index in [1.54, 1.807) is 36.4 Å². The van der Waals surface area contributed by atoms with Crippen LogP contribution in [0.1, 0.15) is 12.8 Å². The molecule has 0 heterocycles. The summed E-state index contributed by atoms with van der Waals surface area (Å²) in [5.74, 6) is -0.180. The molecule has 4 aromatic rings. The van der Waals surface area contributed by atoms with Gasteiger partial charge in [-0.3, -0.25) is 18.4 Å². The number of anilines is 1. The predicted molar refractivity (Wildman–Crippen MR) is 214 cm³/mol. The van der Waals surface area contributed by atoms with Crippen LogP contribution in [0.3, 0.4) is 0 Å². The quantitative estimate of drug-likeness (QED) is 0.0462. The van der Waals surface area contributed by atoms with Crippen molar-refractivity contribution in [2.45, 2.75) is 43.4 Å². The molecule has 0 bridgehead atoms. The summed E-state index contributed by atoms with van der Waals surface area (Å²) in [5, 5.41) is 3.21. The third-order valence-corrected chi connectivity index (χ3v) is 9.60. The van der Waals surface area contributed by atoms with E-state index in [1.165, 1.54) is 36.6 Å². The molecule has 4 aromatic carbocycles. The maximum absolute atomic E-state index is 11.6. The molecule has 10 nitrogen and oxygen atoms in total. The smallest absolute Gasteiger partial charge is 0.294 e. The first kappa shape index (κ1) is 44.8. The van der Waals surface area contributed by atoms with Crippen LogP contribution in [0.25, 0.3) is 0 Å². The third-order valence-electron chi connectivity index (χ3n) is 6.28. The summed E-state index contributed by atoms with van der Waals surface area (Å²) in [6.07, 6.45) is 1.36. The lowest BCUT2D eigenvalue weighted by Crippen LogP contribution is -2.35. The Morgan fingerprint density at radius 3 is 1.55 bits per heavy atom. The first-order valence-electron chi connectivity index (χ1n) is 14.7. The largest absolute Gasteiger partial charge is 0.341 e. The fraction of sp³-hybridized carbons (Fsp3) is 0.242. The summed E-state index contributed by atoms with van der Waals surface area (Å²) in [6.45, 7) is 1.87. The average molecular weight is 786 g/mol. The molecule has 0 aromatic heterocycles. The molecular weight excluding hydrogens is 740 g/mol. The van der Waals surface area contributed by atoms with Crippen LogP contribution in [0.2, 0.25) is 0 Å². The number of hydrogen-bond donors (Lipinski definition) is 9. The molecule has 7 N–H and O–H groups in total. The Morgan fingerprint density at radius 2 is 1.18 bits per heavy atom. The van der Waals surface area contributed by atoms with Crippen molar-refractivity contribution >= 4 is 90.6 Å². The molecule has 2 atom stereocenters. The molecule has 16 heteroatoms. The minimum atomic E-state index is -4.05. The van der Waals surface area contributed by atoms with Crippen molar-refractivity contribution in [2.75, 3.05) is 39.7 Å². The summed E-state index contributed by atoms with van der Waals surface area (Å²) in [5.41, 5.74) is 13.1. The van der Waals surface area contributed by atoms with Crippen LogP contribution in [-0.2, 0) is 19.5 Å². The highest BCUT2D eigenvalue weighted by Crippen LogP contribution is 2.33. The minimum Gasteiger partial charge on any atom is -0.341 e. The molecule has 2 unspecified atom stereocenters. The molecule has 0 spiro atoms. The van der Waals surface area contributed by atoms with Crippen LogP contribution in [-0.4, -0.2) is 64.2 Å². The highest BCUT2D eigenvalue weighted by atomic mass is 32.2. The van der Waals surface area contributed by atoms with E-state index >= 15 is 0 Å². The van der Waals surface area contributed by atoms with Crippen molar-refractivity contribution < 1.29 is 27.2 Å². The normalized spacial score (nSPS) is 12.7. The van der Waals surface area contributed by atoms with Gasteiger partial charge in [0.1, 0.15) is 5.69 Å². The van der Waals surface area contributed by atoms with E-state index in [9.17, 15) is 17.8 Å². The number of hydrogen-bond acceptors (Lipinski definition) is 10. The van der Waals surface area contributed by atoms with Crippen LogP contribution in [0.5, 0.6) is 0 Å². The second-order valence-corrected chi connectivity index (χ2v) is 17.2. The fourth-order valence-corrected chi connectivity index (χ4v) is 5.27. The predicted octanol–water partition coefficient (Wildman–Crippen LogP) is 5.87. The van der Waals surface area contributed by atoms with E-state index < -0.39 is 23.5 Å². The molecule has 0 fully saturated rings. The second kappa shape index (κ2) is 21.2. The van der Waals surface area contributed by atoms with Gasteiger partial charge in [0.25, 0.3) is 10.1 Å². The number of benzene rings is 4. The van der Waals surface area contributed by atoms with Crippen molar-refractivity contribution in [2.24, 2.45) is 11.5 Å². The van der Waals surface area contributed by atoms with Crippen LogP contribution in [0.4, 0.5) is 11.4 Å². The summed E-state index contributed by atoms with van der Waals surface area (Å²) in [6, 6.07) is 27.1. The topological polar surface area (TPSA) is 173 Å². The Hall–Kier alpha value is -2.27. The zero-order valence-electron chi connectivity index (χ0n) is 27.7. The van der Waals surface area contributed by atoms with E-state index in [-0.39, 0.29) is 10.8 Å². The molecular formula is C33H46N4O6PS5+. The van der Waals surface area contributed by atoms with Gasteiger partial charge in [0.05, 0.1) is 32.1 Å². The number of rotatable bonds is 8. The van der Waals surface area contributed by atoms with Crippen LogP contribution >= 0.6 is 57.9 Å². The number of nitrogens with one attached hydrogen (secondary N) is 1. The highest BCUT2D eigenvalue weighted by molar-refractivity contribution is 7.85. The summed E-state index contributed by atoms with van der Waals surface area (Å²) < 4.78 is 41.4. The SMILES string of the molecule is CP(=O)(O)c1ccc(S)cc1.C[N+](C)(C)c1ccc(S)cc1.NCCCC(N)C(=O)Nc1ccc(S)cc1.O=S(=O)(O)c1ccc(S)cc1. The van der Waals surface area contributed by atoms with E-state index in [0.717, 1.165) is 31.3 Å². The summed E-state index contributed by atoms with van der Waals surface area (Å²) in [7, 11) is -0.686. The van der Waals surface area contributed by atoms with Gasteiger partial charge in [-0.15, -0.1) is 50.5 Å². The molecule has 268 valence electrons. The van der Waals surface area contributed by atoms with Gasteiger partial charge in [-0.2, -0.15) is 8.42 Å². The Morgan fingerprint density at radius 1 is 0.796 bits per heavy atom. The van der Waals surface area contributed by atoms with Crippen LogP contribution < -0.4 is 26.6 Å². The zero-order valence-corrected chi connectivity index (χ0v) is 33.0. The lowest BCUT2D eigenvalue weighted by atomic mass is 10.1. The lowest BCUT2D eigenvalue weighted by molar-refractivity contribution is -0.117. The van der Waals surface area contributed by atoms with Gasteiger partial charge in [0, 0.05) is 49.4 Å². The molecule has 0 radical (unpaired) electrons. The van der Waals surface area contributed by atoms with Crippen LogP contribution in [0, 0.1) is 0 Å². The number of amides is 1. The number of carbonyl (C=O) groups is 1. The van der Waals surface area contributed by atoms with E-state index in [4.69, 9.17) is 20.9 Å². The number of quaternary nitrogens is 1. The van der Waals surface area contributed by atoms with Crippen molar-refractivity contribution in [3.05, 3.63) is 97.1 Å². The molecule has 49 heavy (non-hydrogen) atoms. The zero-order chi connectivity index (χ0) is 37.4. The van der Waals surface area contributed by atoms with E-state index in [2.05, 4.69) is 89.1 Å². The van der Waals surface area contributed by atoms with Gasteiger partial charge >= 0.3 is 0 Å². The summed E-state index contributed by atoms with van der Waals surface area (Å²) in [4.78, 5) is 23.9. The van der Waals surface area contributed by atoms with Crippen molar-refractivity contribution in [3.8, 4) is 0 Å². The number of nitrogens with zero attached hydrogens (tertiary/aromatic N) is 1. The summed E-state index contributed by atoms with van der Waals surface area (Å²) >= 11 is 16.4. The van der Waals surface area contributed by atoms with Gasteiger partial charge in [-0.05, 0) is 104 Å². The number of carbonyl (C=O) groups excluding carboxylic acids is 1. The molecule has 0 aliphatic rings. The lowest BCUT2D eigenvalue weighted by Gasteiger charge is -2.23. The molecule has 0 saturated carbocycles. The Balaban J connectivity index is 0.000000332. The molecule has 0 aliphatic carbocycles. The number of thiol groups is 4. The van der Waals surface area contributed by atoms with Gasteiger partial charge < -0.3 is 21.7 Å². The van der Waals surface area contributed by atoms with Gasteiger partial charge in [-0.25, -0.2) is 0 Å². The second-order valence-electron chi connectivity index (χ2n) is 11.5. The number of nitrogens with two attached hydrogens (primary N) is 2. The maximum Gasteiger partial charge on any atom is 0.294 e. The minimum absolute atomic E-state index is 0.115. The Bertz CT molecular complexity index is 1730. The monoisotopic (exact) mass is 785 g/mol. The van der Waals surface area contributed by atoms with E-state index in [1.807, 2.05) is 24.3 Å². The highest BCUT2D eigenvalue weighted by Gasteiger charge is 2.13. The van der Waals surface area contributed by atoms with Gasteiger partial charge in [0.15, 0.2) is 0 Å². The standard InChI is InChI=1S/C11H17N3OS.C9H13NS.C7H9O2PS.C6H6O3S2/c12-7-1-2-10(13)11(15)14-8-3-5-9(16)6-4-8;1-10(2,3)8-4-6-9(11)7-5-8;1-10(8,9)6-2-4-7(11)5-3-6;7-11(8,9)6-3-1-5(10)2-4-6/h3-6,10,16H,1-2,7,12-13H2,(H,14,15);4-7H,1-3H3;2-5,11H,1H3,(H,8,9);1-4,10H,(H,7,8,9)/p+1. The molecule has 1 amide bonds. The molecule has 0 aliphatic heterocycles. The molecule has 0 saturated heterocycles. The van der Waals surface area contributed by atoms with E-state index in [0.29, 0.717) is 23.2 Å². The van der Waals surface area contributed by atoms with Gasteiger partial charge in [0.2, 0.25) is 13.3 Å². The van der Waals surface area contributed by atoms with Gasteiger partial charge in [-0.1, -0.05) is 0 Å². The fourth-order valence-electron chi connectivity index (χ4n) is 3.50. The molecule has 4 rings (SSSR count). The van der Waals surface area contributed by atoms with Crippen molar-refractivity contribution in [3.63, 3.8) is 0 Å². The first-order chi connectivity index (χ1) is 22.6. The average Bonchev–Trinajstić information content (AvgIpc) is 3.01. The third kappa shape index (κ3) is 19.1. The maximum atomic E-state index is 11.6.